The fourth-order valence-corrected chi connectivity index (χ4v) is 0.816. The molecule has 0 amide bonds. The minimum Gasteiger partial charge on any atom is -0.294 e. The van der Waals surface area contributed by atoms with Gasteiger partial charge in [0.25, 0.3) is 0 Å². The van der Waals surface area contributed by atoms with Crippen molar-refractivity contribution in [3.8, 4) is 0 Å². The molecule has 1 heterocycles. The topological polar surface area (TPSA) is 34.9 Å². The third kappa shape index (κ3) is 2.89. The molecule has 1 rings (SSSR count). The second-order valence-corrected chi connectivity index (χ2v) is 2.60. The van der Waals surface area contributed by atoms with E-state index in [4.69, 9.17) is 0 Å². The summed E-state index contributed by atoms with van der Waals surface area (Å²) in [6, 6.07) is 0. The van der Waals surface area contributed by atoms with Crippen molar-refractivity contribution in [3.05, 3.63) is 18.0 Å². The molecule has 0 radical (unpaired) electrons. The molecule has 0 aliphatic rings. The first-order valence-electron chi connectivity index (χ1n) is 3.48. The zero-order valence-corrected chi connectivity index (χ0v) is 6.80. The number of ketones is 1. The van der Waals surface area contributed by atoms with Gasteiger partial charge in [0.2, 0.25) is 0 Å². The molecule has 0 N–H and O–H groups in total. The first-order valence-corrected chi connectivity index (χ1v) is 3.48. The van der Waals surface area contributed by atoms with Crippen molar-refractivity contribution in [1.29, 1.82) is 0 Å². The molecule has 0 spiro atoms. The van der Waals surface area contributed by atoms with Crippen molar-refractivity contribution < 1.29 is 18.0 Å². The number of rotatable bonds is 2. The number of hydrogen-bond acceptors (Lipinski definition) is 2. The Balaban J connectivity index is 2.75. The van der Waals surface area contributed by atoms with Crippen molar-refractivity contribution in [2.75, 3.05) is 0 Å². The second-order valence-electron chi connectivity index (χ2n) is 2.60. The number of Topliss-reactive ketones (excluding diaryl/α,β-unsaturated/α-hetero) is 1. The zero-order chi connectivity index (χ0) is 10.1. The molecule has 0 aliphatic heterocycles. The molecule has 72 valence electrons. The maximum Gasteiger partial charge on any atom is 0.408 e. The van der Waals surface area contributed by atoms with E-state index in [1.165, 1.54) is 6.92 Å². The lowest BCUT2D eigenvalue weighted by Gasteiger charge is -2.04. The third-order valence-corrected chi connectivity index (χ3v) is 1.38. The molecule has 0 atom stereocenters. The van der Waals surface area contributed by atoms with Crippen LogP contribution in [0.2, 0.25) is 0 Å². The van der Waals surface area contributed by atoms with E-state index < -0.39 is 12.7 Å². The second kappa shape index (κ2) is 3.20. The van der Waals surface area contributed by atoms with Gasteiger partial charge in [0.15, 0.2) is 5.78 Å². The predicted molar refractivity (Wildman–Crippen MR) is 38.3 cm³/mol. The van der Waals surface area contributed by atoms with Gasteiger partial charge in [0, 0.05) is 6.20 Å². The van der Waals surface area contributed by atoms with Gasteiger partial charge in [-0.15, -0.1) is 0 Å². The van der Waals surface area contributed by atoms with Gasteiger partial charge in [-0.25, -0.2) is 0 Å². The van der Waals surface area contributed by atoms with Crippen LogP contribution in [0.15, 0.2) is 12.4 Å². The quantitative estimate of drug-likeness (QED) is 0.667. The van der Waals surface area contributed by atoms with E-state index in [2.05, 4.69) is 5.10 Å². The van der Waals surface area contributed by atoms with E-state index in [-0.39, 0.29) is 11.3 Å². The fraction of sp³-hybridized carbons (Fsp3) is 0.429. The van der Waals surface area contributed by atoms with Gasteiger partial charge in [0.1, 0.15) is 6.54 Å². The molecule has 0 aliphatic carbocycles. The molecule has 1 aromatic rings. The van der Waals surface area contributed by atoms with E-state index in [1.807, 2.05) is 0 Å². The molecule has 0 bridgehead atoms. The smallest absolute Gasteiger partial charge is 0.294 e. The number of carbonyl (C=O) groups excluding carboxylic acids is 1. The van der Waals surface area contributed by atoms with Crippen molar-refractivity contribution in [2.24, 2.45) is 0 Å². The monoisotopic (exact) mass is 192 g/mol. The summed E-state index contributed by atoms with van der Waals surface area (Å²) in [4.78, 5) is 10.7. The van der Waals surface area contributed by atoms with Crippen LogP contribution in [-0.2, 0) is 6.54 Å². The van der Waals surface area contributed by atoms with Gasteiger partial charge < -0.3 is 0 Å². The number of hydrogen-bond donors (Lipinski definition) is 0. The summed E-state index contributed by atoms with van der Waals surface area (Å²) in [5.41, 5.74) is 0.184. The van der Waals surface area contributed by atoms with E-state index in [0.29, 0.717) is 4.68 Å². The van der Waals surface area contributed by atoms with Gasteiger partial charge in [0.05, 0.1) is 11.8 Å². The summed E-state index contributed by atoms with van der Waals surface area (Å²) in [6.45, 7) is 0.106. The van der Waals surface area contributed by atoms with Gasteiger partial charge >= 0.3 is 6.18 Å². The summed E-state index contributed by atoms with van der Waals surface area (Å²) >= 11 is 0. The van der Waals surface area contributed by atoms with Crippen molar-refractivity contribution in [3.63, 3.8) is 0 Å². The SMILES string of the molecule is CC(=O)c1cnn(CC(F)(F)F)c1. The summed E-state index contributed by atoms with van der Waals surface area (Å²) in [5.74, 6) is -0.298. The molecule has 0 fully saturated rings. The van der Waals surface area contributed by atoms with Crippen LogP contribution in [0, 0.1) is 0 Å². The normalized spacial score (nSPS) is 11.7. The lowest BCUT2D eigenvalue weighted by atomic mass is 10.3. The van der Waals surface area contributed by atoms with Crippen LogP contribution < -0.4 is 0 Å². The number of alkyl halides is 3. The minimum atomic E-state index is -4.31. The Kier molecular flexibility index (Phi) is 2.40. The first kappa shape index (κ1) is 9.76. The van der Waals surface area contributed by atoms with Crippen molar-refractivity contribution in [2.45, 2.75) is 19.6 Å². The van der Waals surface area contributed by atoms with Gasteiger partial charge in [-0.2, -0.15) is 18.3 Å². The number of carbonyl (C=O) groups is 1. The van der Waals surface area contributed by atoms with Crippen molar-refractivity contribution >= 4 is 5.78 Å². The van der Waals surface area contributed by atoms with Crippen molar-refractivity contribution in [1.82, 2.24) is 9.78 Å². The third-order valence-electron chi connectivity index (χ3n) is 1.38. The van der Waals surface area contributed by atoms with Crippen LogP contribution in [0.25, 0.3) is 0 Å². The molecular formula is C7H7F3N2O. The predicted octanol–water partition coefficient (Wildman–Crippen LogP) is 1.65. The summed E-state index contributed by atoms with van der Waals surface area (Å²) < 4.78 is 36.1. The maximum absolute atomic E-state index is 11.8. The average Bonchev–Trinajstić information content (AvgIpc) is 2.31. The fourth-order valence-electron chi connectivity index (χ4n) is 0.816. The maximum atomic E-state index is 11.8. The largest absolute Gasteiger partial charge is 0.408 e. The Morgan fingerprint density at radius 2 is 2.23 bits per heavy atom. The lowest BCUT2D eigenvalue weighted by Crippen LogP contribution is -2.17. The summed E-state index contributed by atoms with van der Waals surface area (Å²) in [7, 11) is 0. The Labute approximate surface area is 72.2 Å². The highest BCUT2D eigenvalue weighted by Gasteiger charge is 2.28. The highest BCUT2D eigenvalue weighted by atomic mass is 19.4. The summed E-state index contributed by atoms with van der Waals surface area (Å²) in [5, 5.41) is 3.40. The Morgan fingerprint density at radius 3 is 2.62 bits per heavy atom. The molecule has 13 heavy (non-hydrogen) atoms. The van der Waals surface area contributed by atoms with Crippen LogP contribution in [0.1, 0.15) is 17.3 Å². The summed E-state index contributed by atoms with van der Waals surface area (Å²) in [6.07, 6.45) is -2.11. The lowest BCUT2D eigenvalue weighted by molar-refractivity contribution is -0.142. The molecule has 0 saturated carbocycles. The van der Waals surface area contributed by atoms with Crippen LogP contribution >= 0.6 is 0 Å². The molecule has 1 aromatic heterocycles. The van der Waals surface area contributed by atoms with E-state index in [0.717, 1.165) is 12.4 Å². The molecule has 3 nitrogen and oxygen atoms in total. The standard InChI is InChI=1S/C7H7F3N2O/c1-5(13)6-2-11-12(3-6)4-7(8,9)10/h2-3H,4H2,1H3. The first-order chi connectivity index (χ1) is 5.88. The van der Waals surface area contributed by atoms with E-state index in [1.54, 1.807) is 0 Å². The number of aromatic nitrogens is 2. The Bertz CT molecular complexity index is 316. The Morgan fingerprint density at radius 1 is 1.62 bits per heavy atom. The van der Waals surface area contributed by atoms with Crippen LogP contribution in [0.3, 0.4) is 0 Å². The van der Waals surface area contributed by atoms with Crippen LogP contribution in [0.4, 0.5) is 13.2 Å². The molecule has 0 saturated heterocycles. The van der Waals surface area contributed by atoms with E-state index >= 15 is 0 Å². The van der Waals surface area contributed by atoms with E-state index in [9.17, 15) is 18.0 Å². The minimum absolute atomic E-state index is 0.184. The van der Waals surface area contributed by atoms with Gasteiger partial charge in [-0.3, -0.25) is 9.48 Å². The highest BCUT2D eigenvalue weighted by Crippen LogP contribution is 2.17. The highest BCUT2D eigenvalue weighted by molar-refractivity contribution is 5.93. The molecule has 0 aromatic carbocycles. The van der Waals surface area contributed by atoms with Crippen LogP contribution in [-0.4, -0.2) is 21.7 Å². The van der Waals surface area contributed by atoms with Gasteiger partial charge in [-0.05, 0) is 6.92 Å². The number of halogens is 3. The molecular weight excluding hydrogens is 185 g/mol. The number of nitrogens with zero attached hydrogens (tertiary/aromatic N) is 2. The zero-order valence-electron chi connectivity index (χ0n) is 6.80. The molecule has 0 unspecified atom stereocenters. The van der Waals surface area contributed by atoms with Crippen LogP contribution in [0.5, 0.6) is 0 Å². The van der Waals surface area contributed by atoms with Gasteiger partial charge in [-0.1, -0.05) is 0 Å². The Hall–Kier alpha value is -1.33. The average molecular weight is 192 g/mol. The molecule has 6 heteroatoms.